The van der Waals surface area contributed by atoms with Crippen LogP contribution in [0.4, 0.5) is 4.79 Å². The van der Waals surface area contributed by atoms with Crippen molar-refractivity contribution < 1.29 is 24.2 Å². The molecule has 2 aromatic carbocycles. The second kappa shape index (κ2) is 8.57. The van der Waals surface area contributed by atoms with Gasteiger partial charge >= 0.3 is 12.1 Å². The van der Waals surface area contributed by atoms with Crippen LogP contribution in [-0.2, 0) is 14.3 Å². The number of carbonyl (C=O) groups is 3. The van der Waals surface area contributed by atoms with E-state index in [9.17, 15) is 14.4 Å². The molecule has 2 N–H and O–H groups in total. The van der Waals surface area contributed by atoms with Crippen molar-refractivity contribution in [2.24, 2.45) is 5.92 Å². The number of aliphatic carboxylic acids is 1. The van der Waals surface area contributed by atoms with Crippen LogP contribution in [0.5, 0.6) is 0 Å². The van der Waals surface area contributed by atoms with Gasteiger partial charge in [0.2, 0.25) is 5.91 Å². The maximum atomic E-state index is 12.2. The zero-order valence-corrected chi connectivity index (χ0v) is 16.5. The Morgan fingerprint density at radius 3 is 2.27 bits per heavy atom. The highest BCUT2D eigenvalue weighted by molar-refractivity contribution is 5.80. The van der Waals surface area contributed by atoms with E-state index in [1.165, 1.54) is 4.90 Å². The first-order chi connectivity index (χ1) is 14.5. The van der Waals surface area contributed by atoms with Crippen LogP contribution < -0.4 is 5.32 Å². The summed E-state index contributed by atoms with van der Waals surface area (Å²) in [4.78, 5) is 36.8. The van der Waals surface area contributed by atoms with E-state index < -0.39 is 18.0 Å². The molecule has 2 aromatic rings. The summed E-state index contributed by atoms with van der Waals surface area (Å²) in [5.41, 5.74) is 4.61. The third kappa shape index (κ3) is 4.01. The van der Waals surface area contributed by atoms with E-state index >= 15 is 0 Å². The maximum absolute atomic E-state index is 12.2. The van der Waals surface area contributed by atoms with Gasteiger partial charge in [0.15, 0.2) is 0 Å². The second-order valence-electron chi connectivity index (χ2n) is 7.67. The van der Waals surface area contributed by atoms with E-state index in [4.69, 9.17) is 9.84 Å². The van der Waals surface area contributed by atoms with Gasteiger partial charge in [-0.05, 0) is 28.7 Å². The summed E-state index contributed by atoms with van der Waals surface area (Å²) in [6, 6.07) is 16.2. The van der Waals surface area contributed by atoms with Crippen LogP contribution in [0.25, 0.3) is 11.1 Å². The second-order valence-corrected chi connectivity index (χ2v) is 7.67. The van der Waals surface area contributed by atoms with Gasteiger partial charge in [0.05, 0.1) is 5.92 Å². The largest absolute Gasteiger partial charge is 0.481 e. The molecular formula is C23H24N2O5. The van der Waals surface area contributed by atoms with Crippen LogP contribution >= 0.6 is 0 Å². The molecule has 0 spiro atoms. The molecule has 1 fully saturated rings. The number of fused-ring (bicyclic) bond motifs is 3. The number of amides is 2. The standard InChI is InChI=1S/C23H24N2O5/c26-21(25-12-10-15(13-25)22(27)28)9-11-24-23(29)30-14-20-18-7-3-1-5-16(18)17-6-2-4-8-19(17)20/h1-8,15,20H,9-14H2,(H,24,29)(H,27,28). The first-order valence-corrected chi connectivity index (χ1v) is 10.1. The van der Waals surface area contributed by atoms with Gasteiger partial charge < -0.3 is 20.1 Å². The van der Waals surface area contributed by atoms with Crippen molar-refractivity contribution in [3.8, 4) is 11.1 Å². The van der Waals surface area contributed by atoms with Crippen molar-refractivity contribution in [1.29, 1.82) is 0 Å². The highest BCUT2D eigenvalue weighted by atomic mass is 16.5. The Morgan fingerprint density at radius 1 is 1.03 bits per heavy atom. The van der Waals surface area contributed by atoms with E-state index in [1.54, 1.807) is 0 Å². The number of alkyl carbamates (subject to hydrolysis) is 1. The van der Waals surface area contributed by atoms with Gasteiger partial charge in [-0.25, -0.2) is 4.79 Å². The Hall–Kier alpha value is -3.35. The molecule has 1 saturated heterocycles. The van der Waals surface area contributed by atoms with Crippen molar-refractivity contribution in [2.75, 3.05) is 26.2 Å². The molecule has 1 heterocycles. The molecule has 156 valence electrons. The SMILES string of the molecule is O=C(NCCC(=O)N1CCC(C(=O)O)C1)OCC1c2ccccc2-c2ccccc21. The lowest BCUT2D eigenvalue weighted by atomic mass is 9.98. The molecule has 0 aromatic heterocycles. The zero-order valence-electron chi connectivity index (χ0n) is 16.5. The van der Waals surface area contributed by atoms with Crippen molar-refractivity contribution in [2.45, 2.75) is 18.8 Å². The number of carboxylic acid groups (broad SMARTS) is 1. The maximum Gasteiger partial charge on any atom is 0.407 e. The predicted octanol–water partition coefficient (Wildman–Crippen LogP) is 2.85. The average Bonchev–Trinajstić information content (AvgIpc) is 3.36. The highest BCUT2D eigenvalue weighted by Crippen LogP contribution is 2.44. The number of hydrogen-bond donors (Lipinski definition) is 2. The number of likely N-dealkylation sites (tertiary alicyclic amines) is 1. The molecular weight excluding hydrogens is 384 g/mol. The van der Waals surface area contributed by atoms with Gasteiger partial charge in [0.25, 0.3) is 0 Å². The molecule has 1 unspecified atom stereocenters. The first-order valence-electron chi connectivity index (χ1n) is 10.1. The number of benzene rings is 2. The number of carboxylic acids is 1. The predicted molar refractivity (Wildman–Crippen MR) is 110 cm³/mol. The van der Waals surface area contributed by atoms with E-state index in [2.05, 4.69) is 29.6 Å². The van der Waals surface area contributed by atoms with Crippen molar-refractivity contribution in [3.63, 3.8) is 0 Å². The summed E-state index contributed by atoms with van der Waals surface area (Å²) in [6.45, 7) is 1.06. The average molecular weight is 408 g/mol. The van der Waals surface area contributed by atoms with Crippen molar-refractivity contribution in [1.82, 2.24) is 10.2 Å². The van der Waals surface area contributed by atoms with Crippen LogP contribution in [0.1, 0.15) is 29.9 Å². The molecule has 1 atom stereocenters. The minimum Gasteiger partial charge on any atom is -0.481 e. The van der Waals surface area contributed by atoms with Crippen LogP contribution in [0.2, 0.25) is 0 Å². The van der Waals surface area contributed by atoms with Gasteiger partial charge in [0, 0.05) is 32.0 Å². The van der Waals surface area contributed by atoms with Gasteiger partial charge in [0.1, 0.15) is 6.61 Å². The molecule has 2 amide bonds. The lowest BCUT2D eigenvalue weighted by Gasteiger charge is -2.16. The van der Waals surface area contributed by atoms with Gasteiger partial charge in [-0.15, -0.1) is 0 Å². The monoisotopic (exact) mass is 408 g/mol. The molecule has 7 nitrogen and oxygen atoms in total. The zero-order chi connectivity index (χ0) is 21.1. The van der Waals surface area contributed by atoms with E-state index in [1.807, 2.05) is 24.3 Å². The third-order valence-electron chi connectivity index (χ3n) is 5.84. The Balaban J connectivity index is 1.26. The number of rotatable bonds is 6. The molecule has 30 heavy (non-hydrogen) atoms. The molecule has 0 bridgehead atoms. The summed E-state index contributed by atoms with van der Waals surface area (Å²) < 4.78 is 5.44. The normalized spacial score (nSPS) is 17.3. The van der Waals surface area contributed by atoms with Crippen molar-refractivity contribution >= 4 is 18.0 Å². The van der Waals surface area contributed by atoms with Gasteiger partial charge in [-0.3, -0.25) is 9.59 Å². The van der Waals surface area contributed by atoms with Crippen LogP contribution in [0.15, 0.2) is 48.5 Å². The Bertz CT molecular complexity index is 928. The first kappa shape index (κ1) is 19.9. The minimum atomic E-state index is -0.873. The van der Waals surface area contributed by atoms with Crippen LogP contribution in [0.3, 0.4) is 0 Å². The van der Waals surface area contributed by atoms with E-state index in [-0.39, 0.29) is 37.9 Å². The van der Waals surface area contributed by atoms with Crippen molar-refractivity contribution in [3.05, 3.63) is 59.7 Å². The number of carbonyl (C=O) groups excluding carboxylic acids is 2. The summed E-state index contributed by atoms with van der Waals surface area (Å²) >= 11 is 0. The fourth-order valence-electron chi connectivity index (χ4n) is 4.27. The molecule has 4 rings (SSSR count). The number of ether oxygens (including phenoxy) is 1. The van der Waals surface area contributed by atoms with Gasteiger partial charge in [-0.1, -0.05) is 48.5 Å². The Morgan fingerprint density at radius 2 is 1.67 bits per heavy atom. The number of hydrogen-bond acceptors (Lipinski definition) is 4. The summed E-state index contributed by atoms with van der Waals surface area (Å²) in [6.07, 6.45) is 0.0340. The minimum absolute atomic E-state index is 0.0117. The third-order valence-corrected chi connectivity index (χ3v) is 5.84. The summed E-state index contributed by atoms with van der Waals surface area (Å²) in [7, 11) is 0. The molecule has 1 aliphatic heterocycles. The Labute approximate surface area is 174 Å². The molecule has 2 aliphatic rings. The van der Waals surface area contributed by atoms with Crippen LogP contribution in [0, 0.1) is 5.92 Å². The quantitative estimate of drug-likeness (QED) is 0.766. The molecule has 0 saturated carbocycles. The highest BCUT2D eigenvalue weighted by Gasteiger charge is 2.31. The van der Waals surface area contributed by atoms with E-state index in [0.29, 0.717) is 13.0 Å². The van der Waals surface area contributed by atoms with E-state index in [0.717, 1.165) is 22.3 Å². The van der Waals surface area contributed by atoms with Gasteiger partial charge in [-0.2, -0.15) is 0 Å². The smallest absolute Gasteiger partial charge is 0.407 e. The Kier molecular flexibility index (Phi) is 5.70. The molecule has 7 heteroatoms. The topological polar surface area (TPSA) is 95.9 Å². The van der Waals surface area contributed by atoms with Crippen LogP contribution in [-0.4, -0.2) is 54.2 Å². The number of nitrogens with zero attached hydrogens (tertiary/aromatic N) is 1. The fourth-order valence-corrected chi connectivity index (χ4v) is 4.27. The fraction of sp³-hybridized carbons (Fsp3) is 0.348. The molecule has 0 radical (unpaired) electrons. The summed E-state index contributed by atoms with van der Waals surface area (Å²) in [5, 5.41) is 11.6. The lowest BCUT2D eigenvalue weighted by molar-refractivity contribution is -0.141. The lowest BCUT2D eigenvalue weighted by Crippen LogP contribution is -2.34. The summed E-state index contributed by atoms with van der Waals surface area (Å²) in [5.74, 6) is -1.54. The number of nitrogens with one attached hydrogen (secondary N) is 1. The molecule has 1 aliphatic carbocycles.